The number of nitrogens with zero attached hydrogens (tertiary/aromatic N) is 2. The van der Waals surface area contributed by atoms with Crippen LogP contribution < -0.4 is 10.6 Å². The molecule has 1 saturated heterocycles. The van der Waals surface area contributed by atoms with E-state index in [-0.39, 0.29) is 18.4 Å². The van der Waals surface area contributed by atoms with Gasteiger partial charge in [-0.05, 0) is 49.1 Å². The highest BCUT2D eigenvalue weighted by Crippen LogP contribution is 2.20. The minimum atomic E-state index is -5.08. The summed E-state index contributed by atoms with van der Waals surface area (Å²) in [6.07, 6.45) is -1.86. The molecule has 2 aromatic rings. The summed E-state index contributed by atoms with van der Waals surface area (Å²) in [5.41, 5.74) is 7.94. The number of carbonyl (C=O) groups is 3. The van der Waals surface area contributed by atoms with Crippen LogP contribution in [0.1, 0.15) is 35.2 Å². The summed E-state index contributed by atoms with van der Waals surface area (Å²) in [6, 6.07) is 16.6. The Morgan fingerprint density at radius 2 is 1.58 bits per heavy atom. The van der Waals surface area contributed by atoms with Gasteiger partial charge < -0.3 is 15.7 Å². The lowest BCUT2D eigenvalue weighted by molar-refractivity contribution is -0.192. The van der Waals surface area contributed by atoms with Gasteiger partial charge in [0, 0.05) is 30.9 Å². The van der Waals surface area contributed by atoms with Crippen molar-refractivity contribution in [1.29, 1.82) is 0 Å². The molecule has 33 heavy (non-hydrogen) atoms. The van der Waals surface area contributed by atoms with Crippen LogP contribution in [-0.4, -0.2) is 53.6 Å². The van der Waals surface area contributed by atoms with E-state index in [1.807, 2.05) is 47.4 Å². The number of nitrogens with two attached hydrogens (primary N) is 1. The number of benzene rings is 2. The van der Waals surface area contributed by atoms with E-state index in [9.17, 15) is 22.8 Å². The molecule has 0 bridgehead atoms. The molecule has 1 aliphatic heterocycles. The summed E-state index contributed by atoms with van der Waals surface area (Å²) < 4.78 is 31.7. The fourth-order valence-electron chi connectivity index (χ4n) is 3.25. The first-order chi connectivity index (χ1) is 15.6. The zero-order chi connectivity index (χ0) is 24.4. The minimum absolute atomic E-state index is 0.00728. The third-order valence-electron chi connectivity index (χ3n) is 4.97. The maximum atomic E-state index is 13.1. The van der Waals surface area contributed by atoms with E-state index in [4.69, 9.17) is 15.6 Å². The van der Waals surface area contributed by atoms with E-state index >= 15 is 0 Å². The maximum Gasteiger partial charge on any atom is 0.490 e. The van der Waals surface area contributed by atoms with Crippen molar-refractivity contribution >= 4 is 23.5 Å². The van der Waals surface area contributed by atoms with Gasteiger partial charge in [-0.2, -0.15) is 13.2 Å². The maximum absolute atomic E-state index is 13.1. The lowest BCUT2D eigenvalue weighted by Gasteiger charge is -2.30. The molecule has 0 unspecified atom stereocenters. The van der Waals surface area contributed by atoms with Crippen LogP contribution in [0, 0.1) is 0 Å². The average molecular weight is 465 g/mol. The molecule has 3 rings (SSSR count). The summed E-state index contributed by atoms with van der Waals surface area (Å²) in [5, 5.41) is 7.12. The predicted molar refractivity (Wildman–Crippen MR) is 117 cm³/mol. The van der Waals surface area contributed by atoms with Crippen LogP contribution in [0.5, 0.6) is 0 Å². The monoisotopic (exact) mass is 465 g/mol. The van der Waals surface area contributed by atoms with Crippen LogP contribution in [0.4, 0.5) is 18.9 Å². The van der Waals surface area contributed by atoms with E-state index in [1.165, 1.54) is 0 Å². The number of piperidine rings is 1. The third kappa shape index (κ3) is 7.90. The van der Waals surface area contributed by atoms with Gasteiger partial charge in [0.25, 0.3) is 5.91 Å². The van der Waals surface area contributed by atoms with Gasteiger partial charge in [0.05, 0.1) is 0 Å². The minimum Gasteiger partial charge on any atom is -0.475 e. The van der Waals surface area contributed by atoms with Gasteiger partial charge in [-0.3, -0.25) is 14.5 Å². The topological polar surface area (TPSA) is 104 Å². The van der Waals surface area contributed by atoms with Gasteiger partial charge >= 0.3 is 12.1 Å². The number of carboxylic acids is 1. The zero-order valence-electron chi connectivity index (χ0n) is 17.9. The van der Waals surface area contributed by atoms with Crippen LogP contribution in [0.15, 0.2) is 54.6 Å². The van der Waals surface area contributed by atoms with Crippen molar-refractivity contribution in [3.63, 3.8) is 0 Å². The normalized spacial score (nSPS) is 13.5. The summed E-state index contributed by atoms with van der Waals surface area (Å²) in [7, 11) is 0. The Morgan fingerprint density at radius 3 is 2.12 bits per heavy atom. The van der Waals surface area contributed by atoms with Gasteiger partial charge in [-0.25, -0.2) is 4.79 Å². The van der Waals surface area contributed by atoms with Crippen molar-refractivity contribution in [1.82, 2.24) is 4.90 Å². The third-order valence-corrected chi connectivity index (χ3v) is 4.97. The van der Waals surface area contributed by atoms with Gasteiger partial charge in [-0.15, -0.1) is 0 Å². The second-order valence-electron chi connectivity index (χ2n) is 7.38. The molecule has 1 heterocycles. The summed E-state index contributed by atoms with van der Waals surface area (Å²) >= 11 is 0. The highest BCUT2D eigenvalue weighted by molar-refractivity contribution is 6.08. The first-order valence-corrected chi connectivity index (χ1v) is 10.4. The zero-order valence-corrected chi connectivity index (χ0v) is 17.9. The Kier molecular flexibility index (Phi) is 9.41. The average Bonchev–Trinajstić information content (AvgIpc) is 2.83. The molecule has 0 spiro atoms. The number of aliphatic carboxylic acids is 1. The van der Waals surface area contributed by atoms with Crippen molar-refractivity contribution in [2.24, 2.45) is 5.73 Å². The van der Waals surface area contributed by atoms with Crippen LogP contribution in [0.25, 0.3) is 0 Å². The molecule has 0 atom stereocenters. The van der Waals surface area contributed by atoms with E-state index < -0.39 is 12.1 Å². The molecule has 0 aromatic heterocycles. The molecule has 0 radical (unpaired) electrons. The number of rotatable bonds is 5. The van der Waals surface area contributed by atoms with Gasteiger partial charge in [-0.1, -0.05) is 30.3 Å². The molecule has 2 aromatic carbocycles. The number of halogens is 3. The highest BCUT2D eigenvalue weighted by atomic mass is 19.4. The Morgan fingerprint density at radius 1 is 0.970 bits per heavy atom. The number of anilines is 1. The molecular weight excluding hydrogens is 439 g/mol. The van der Waals surface area contributed by atoms with E-state index in [1.54, 1.807) is 17.0 Å². The molecule has 178 valence electrons. The smallest absolute Gasteiger partial charge is 0.475 e. The Labute approximate surface area is 189 Å². The fraction of sp³-hybridized carbons (Fsp3) is 0.348. The summed E-state index contributed by atoms with van der Waals surface area (Å²) in [6.45, 7) is 1.98. The molecule has 1 fully saturated rings. The van der Waals surface area contributed by atoms with Crippen LogP contribution in [0.2, 0.25) is 0 Å². The molecule has 10 heteroatoms. The van der Waals surface area contributed by atoms with Crippen molar-refractivity contribution in [2.75, 3.05) is 24.5 Å². The first-order valence-electron chi connectivity index (χ1n) is 10.4. The second-order valence-corrected chi connectivity index (χ2v) is 7.38. The quantitative estimate of drug-likeness (QED) is 0.704. The van der Waals surface area contributed by atoms with Gasteiger partial charge in [0.15, 0.2) is 0 Å². The Bertz CT molecular complexity index is 945. The van der Waals surface area contributed by atoms with Gasteiger partial charge in [0.2, 0.25) is 5.91 Å². The summed E-state index contributed by atoms with van der Waals surface area (Å²) in [5.74, 6) is -2.94. The number of carbonyl (C=O) groups excluding carboxylic acids is 2. The Balaban J connectivity index is 0.000000479. The number of alkyl halides is 3. The standard InChI is InChI=1S/C21H25N3O2.C2HF3O2/c22-15-17-8-7-11-19(14-17)24(21(26)18-9-3-1-4-10-18)16-20(25)23-12-5-2-6-13-23;3-2(4,5)1(6)7/h1,3-4,7-11,14H,2,5-6,12-13,15-16,22H2;(H,6,7). The van der Waals surface area contributed by atoms with Crippen molar-refractivity contribution in [3.8, 4) is 0 Å². The molecular formula is C23H26F3N3O4. The molecule has 1 aliphatic rings. The van der Waals surface area contributed by atoms with Crippen molar-refractivity contribution in [2.45, 2.75) is 32.0 Å². The predicted octanol–water partition coefficient (Wildman–Crippen LogP) is 3.44. The lowest BCUT2D eigenvalue weighted by Crippen LogP contribution is -2.45. The number of likely N-dealkylation sites (tertiary alicyclic amines) is 1. The molecule has 7 nitrogen and oxygen atoms in total. The molecule has 3 N–H and O–H groups in total. The Hall–Kier alpha value is -3.40. The van der Waals surface area contributed by atoms with E-state index in [0.717, 1.165) is 37.9 Å². The van der Waals surface area contributed by atoms with E-state index in [2.05, 4.69) is 0 Å². The lowest BCUT2D eigenvalue weighted by atomic mass is 10.1. The van der Waals surface area contributed by atoms with Crippen LogP contribution in [-0.2, 0) is 16.1 Å². The van der Waals surface area contributed by atoms with Crippen molar-refractivity contribution in [3.05, 3.63) is 65.7 Å². The van der Waals surface area contributed by atoms with Crippen LogP contribution >= 0.6 is 0 Å². The first kappa shape index (κ1) is 25.9. The van der Waals surface area contributed by atoms with E-state index in [0.29, 0.717) is 17.8 Å². The largest absolute Gasteiger partial charge is 0.490 e. The van der Waals surface area contributed by atoms with Crippen LogP contribution in [0.3, 0.4) is 0 Å². The number of hydrogen-bond acceptors (Lipinski definition) is 4. The number of hydrogen-bond donors (Lipinski definition) is 2. The summed E-state index contributed by atoms with van der Waals surface area (Å²) in [4.78, 5) is 38.2. The second kappa shape index (κ2) is 12.0. The highest BCUT2D eigenvalue weighted by Gasteiger charge is 2.38. The molecule has 0 aliphatic carbocycles. The number of amides is 2. The fourth-order valence-corrected chi connectivity index (χ4v) is 3.25. The van der Waals surface area contributed by atoms with Crippen molar-refractivity contribution < 1.29 is 32.7 Å². The number of carboxylic acid groups (broad SMARTS) is 1. The van der Waals surface area contributed by atoms with Gasteiger partial charge in [0.1, 0.15) is 6.54 Å². The molecule has 0 saturated carbocycles. The molecule has 2 amide bonds. The SMILES string of the molecule is NCc1cccc(N(CC(=O)N2CCCCC2)C(=O)c2ccccc2)c1.O=C(O)C(F)(F)F.